The van der Waals surface area contributed by atoms with E-state index in [-0.39, 0.29) is 0 Å². The molecule has 16 heavy (non-hydrogen) atoms. The Kier molecular flexibility index (Phi) is 4.00. The Hall–Kier alpha value is -0.380. The summed E-state index contributed by atoms with van der Waals surface area (Å²) in [6.45, 7) is 4.72. The molecule has 0 radical (unpaired) electrons. The van der Waals surface area contributed by atoms with Gasteiger partial charge < -0.3 is 10.4 Å². The van der Waals surface area contributed by atoms with Crippen LogP contribution in [0.4, 0.5) is 0 Å². The molecule has 1 aliphatic carbocycles. The highest BCUT2D eigenvalue weighted by Crippen LogP contribution is 2.29. The molecule has 2 N–H and O–H groups in total. The number of rotatable bonds is 4. The minimum Gasteiger partial charge on any atom is -0.396 e. The van der Waals surface area contributed by atoms with Crippen LogP contribution in [0.1, 0.15) is 42.7 Å². The van der Waals surface area contributed by atoms with Gasteiger partial charge in [0.25, 0.3) is 0 Å². The van der Waals surface area contributed by atoms with Crippen LogP contribution < -0.4 is 5.32 Å². The summed E-state index contributed by atoms with van der Waals surface area (Å²) in [5.41, 5.74) is 1.38. The van der Waals surface area contributed by atoms with E-state index in [1.54, 1.807) is 0 Å². The fourth-order valence-corrected chi connectivity index (χ4v) is 3.64. The van der Waals surface area contributed by atoms with Gasteiger partial charge in [-0.1, -0.05) is 6.42 Å². The van der Waals surface area contributed by atoms with E-state index in [0.717, 1.165) is 0 Å². The van der Waals surface area contributed by atoms with Crippen LogP contribution in [0.5, 0.6) is 0 Å². The van der Waals surface area contributed by atoms with Crippen LogP contribution in [-0.4, -0.2) is 17.8 Å². The zero-order chi connectivity index (χ0) is 11.5. The number of hydrogen-bond donors (Lipinski definition) is 2. The highest BCUT2D eigenvalue weighted by Gasteiger charge is 2.28. The van der Waals surface area contributed by atoms with E-state index in [0.29, 0.717) is 24.6 Å². The number of aliphatic hydroxyl groups excluding tert-OH is 1. The molecule has 3 atom stereocenters. The zero-order valence-electron chi connectivity index (χ0n) is 10.1. The molecule has 1 saturated carbocycles. The maximum Gasteiger partial charge on any atom is 0.0474 e. The molecule has 3 heteroatoms. The lowest BCUT2D eigenvalue weighted by atomic mass is 10.0. The summed E-state index contributed by atoms with van der Waals surface area (Å²) >= 11 is 1.82. The normalized spacial score (nSPS) is 27.2. The Balaban J connectivity index is 1.97. The highest BCUT2D eigenvalue weighted by molar-refractivity contribution is 7.10. The first-order valence-electron chi connectivity index (χ1n) is 6.13. The van der Waals surface area contributed by atoms with Gasteiger partial charge >= 0.3 is 0 Å². The van der Waals surface area contributed by atoms with Crippen LogP contribution in [-0.2, 0) is 0 Å². The highest BCUT2D eigenvalue weighted by atomic mass is 32.1. The van der Waals surface area contributed by atoms with Crippen LogP contribution in [0.15, 0.2) is 11.4 Å². The monoisotopic (exact) mass is 239 g/mol. The van der Waals surface area contributed by atoms with Gasteiger partial charge in [-0.3, -0.25) is 0 Å². The molecule has 1 aromatic rings. The van der Waals surface area contributed by atoms with Crippen molar-refractivity contribution >= 4 is 11.3 Å². The molecular weight excluding hydrogens is 218 g/mol. The van der Waals surface area contributed by atoms with E-state index in [2.05, 4.69) is 30.6 Å². The first kappa shape index (κ1) is 12.1. The Morgan fingerprint density at radius 2 is 2.38 bits per heavy atom. The molecule has 1 heterocycles. The molecule has 1 aliphatic rings. The molecule has 0 spiro atoms. The topological polar surface area (TPSA) is 32.3 Å². The number of nitrogens with one attached hydrogen (secondary N) is 1. The molecular formula is C13H21NOS. The first-order valence-corrected chi connectivity index (χ1v) is 7.01. The van der Waals surface area contributed by atoms with Crippen molar-refractivity contribution in [2.75, 3.05) is 6.61 Å². The van der Waals surface area contributed by atoms with Crippen molar-refractivity contribution in [3.8, 4) is 0 Å². The van der Waals surface area contributed by atoms with Crippen molar-refractivity contribution in [1.82, 2.24) is 5.32 Å². The van der Waals surface area contributed by atoms with E-state index >= 15 is 0 Å². The van der Waals surface area contributed by atoms with Gasteiger partial charge in [-0.2, -0.15) is 0 Å². The number of aliphatic hydroxyl groups is 1. The van der Waals surface area contributed by atoms with Gasteiger partial charge in [-0.05, 0) is 49.6 Å². The summed E-state index contributed by atoms with van der Waals surface area (Å²) in [4.78, 5) is 1.43. The average molecular weight is 239 g/mol. The lowest BCUT2D eigenvalue weighted by Gasteiger charge is -2.23. The molecule has 2 rings (SSSR count). The van der Waals surface area contributed by atoms with Crippen molar-refractivity contribution < 1.29 is 5.11 Å². The Morgan fingerprint density at radius 3 is 3.00 bits per heavy atom. The second-order valence-corrected chi connectivity index (χ2v) is 5.78. The third kappa shape index (κ3) is 2.47. The summed E-state index contributed by atoms with van der Waals surface area (Å²) in [6, 6.07) is 3.09. The quantitative estimate of drug-likeness (QED) is 0.847. The van der Waals surface area contributed by atoms with Crippen molar-refractivity contribution in [3.05, 3.63) is 21.9 Å². The van der Waals surface area contributed by atoms with Gasteiger partial charge in [-0.25, -0.2) is 0 Å². The predicted molar refractivity (Wildman–Crippen MR) is 68.8 cm³/mol. The van der Waals surface area contributed by atoms with Gasteiger partial charge in [0, 0.05) is 23.6 Å². The molecule has 1 fully saturated rings. The zero-order valence-corrected chi connectivity index (χ0v) is 10.9. The molecule has 0 saturated heterocycles. The Morgan fingerprint density at radius 1 is 1.56 bits per heavy atom. The van der Waals surface area contributed by atoms with E-state index in [4.69, 9.17) is 0 Å². The maximum atomic E-state index is 9.30. The molecule has 0 unspecified atom stereocenters. The number of thiophene rings is 1. The SMILES string of the molecule is Cc1ccsc1[C@H](C)N[C@H]1CCC[C@@H]1CO. The fraction of sp³-hybridized carbons (Fsp3) is 0.692. The van der Waals surface area contributed by atoms with Crippen LogP contribution in [0.2, 0.25) is 0 Å². The van der Waals surface area contributed by atoms with E-state index < -0.39 is 0 Å². The van der Waals surface area contributed by atoms with Crippen LogP contribution in [0, 0.1) is 12.8 Å². The van der Waals surface area contributed by atoms with E-state index in [1.165, 1.54) is 29.7 Å². The lowest BCUT2D eigenvalue weighted by molar-refractivity contribution is 0.201. The summed E-state index contributed by atoms with van der Waals surface area (Å²) < 4.78 is 0. The van der Waals surface area contributed by atoms with Crippen LogP contribution in [0.3, 0.4) is 0 Å². The van der Waals surface area contributed by atoms with Crippen LogP contribution in [0.25, 0.3) is 0 Å². The Labute approximate surface area is 102 Å². The molecule has 2 nitrogen and oxygen atoms in total. The van der Waals surface area contributed by atoms with E-state index in [1.807, 2.05) is 11.3 Å². The average Bonchev–Trinajstić information content (AvgIpc) is 2.86. The molecule has 0 aliphatic heterocycles. The van der Waals surface area contributed by atoms with Crippen molar-refractivity contribution in [2.24, 2.45) is 5.92 Å². The summed E-state index contributed by atoms with van der Waals surface area (Å²) in [6.07, 6.45) is 3.63. The van der Waals surface area contributed by atoms with Gasteiger partial charge in [0.2, 0.25) is 0 Å². The molecule has 90 valence electrons. The number of aryl methyl sites for hydroxylation is 1. The number of hydrogen-bond acceptors (Lipinski definition) is 3. The van der Waals surface area contributed by atoms with Gasteiger partial charge in [0.15, 0.2) is 0 Å². The minimum absolute atomic E-state index is 0.327. The largest absolute Gasteiger partial charge is 0.396 e. The molecule has 1 aromatic heterocycles. The standard InChI is InChI=1S/C13H21NOS/c1-9-6-7-16-13(9)10(2)14-12-5-3-4-11(12)8-15/h6-7,10-12,14-15H,3-5,8H2,1-2H3/t10-,11+,12-/m0/s1. The minimum atomic E-state index is 0.327. The van der Waals surface area contributed by atoms with Crippen molar-refractivity contribution in [1.29, 1.82) is 0 Å². The second-order valence-electron chi connectivity index (χ2n) is 4.84. The maximum absolute atomic E-state index is 9.30. The smallest absolute Gasteiger partial charge is 0.0474 e. The third-order valence-electron chi connectivity index (χ3n) is 3.65. The van der Waals surface area contributed by atoms with E-state index in [9.17, 15) is 5.11 Å². The predicted octanol–water partition coefficient (Wildman–Crippen LogP) is 2.87. The lowest BCUT2D eigenvalue weighted by Crippen LogP contribution is -2.35. The molecule has 0 amide bonds. The fourth-order valence-electron chi connectivity index (χ4n) is 2.70. The summed E-state index contributed by atoms with van der Waals surface area (Å²) in [7, 11) is 0. The van der Waals surface area contributed by atoms with Gasteiger partial charge in [-0.15, -0.1) is 11.3 Å². The molecule has 0 aromatic carbocycles. The summed E-state index contributed by atoms with van der Waals surface area (Å²) in [5.74, 6) is 0.461. The second kappa shape index (κ2) is 5.30. The van der Waals surface area contributed by atoms with Gasteiger partial charge in [0.1, 0.15) is 0 Å². The first-order chi connectivity index (χ1) is 7.72. The van der Waals surface area contributed by atoms with Crippen molar-refractivity contribution in [3.63, 3.8) is 0 Å². The Bertz CT molecular complexity index is 336. The van der Waals surface area contributed by atoms with Crippen molar-refractivity contribution in [2.45, 2.75) is 45.2 Å². The molecule has 0 bridgehead atoms. The third-order valence-corrected chi connectivity index (χ3v) is 4.85. The van der Waals surface area contributed by atoms with Gasteiger partial charge in [0.05, 0.1) is 0 Å². The van der Waals surface area contributed by atoms with Crippen LogP contribution >= 0.6 is 11.3 Å². The summed E-state index contributed by atoms with van der Waals surface area (Å²) in [5, 5.41) is 15.1.